The first kappa shape index (κ1) is 12.9. The minimum Gasteiger partial charge on any atom is -0.353 e. The summed E-state index contributed by atoms with van der Waals surface area (Å²) in [5.41, 5.74) is 0.443. The van der Waals surface area contributed by atoms with Crippen LogP contribution in [-0.2, 0) is 4.79 Å². The highest BCUT2D eigenvalue weighted by Gasteiger charge is 2.36. The zero-order chi connectivity index (χ0) is 13.8. The van der Waals surface area contributed by atoms with Crippen molar-refractivity contribution in [3.8, 4) is 0 Å². The molecule has 0 aromatic carbocycles. The largest absolute Gasteiger partial charge is 0.353 e. The fourth-order valence-electron chi connectivity index (χ4n) is 1.80. The van der Waals surface area contributed by atoms with Gasteiger partial charge in [0, 0.05) is 25.7 Å². The molecule has 19 heavy (non-hydrogen) atoms. The first-order valence-corrected chi connectivity index (χ1v) is 5.84. The van der Waals surface area contributed by atoms with Crippen molar-refractivity contribution < 1.29 is 14.4 Å². The topological polar surface area (TPSA) is 79.4 Å². The van der Waals surface area contributed by atoms with E-state index in [0.29, 0.717) is 12.1 Å². The van der Waals surface area contributed by atoms with E-state index in [2.05, 4.69) is 16.9 Å². The second kappa shape index (κ2) is 5.43. The van der Waals surface area contributed by atoms with Crippen LogP contribution in [0.3, 0.4) is 0 Å². The van der Waals surface area contributed by atoms with Crippen molar-refractivity contribution in [1.82, 2.24) is 15.2 Å². The molecule has 0 radical (unpaired) electrons. The Morgan fingerprint density at radius 2 is 2.21 bits per heavy atom. The summed E-state index contributed by atoms with van der Waals surface area (Å²) in [6, 6.07) is 3.16. The van der Waals surface area contributed by atoms with Crippen molar-refractivity contribution in [2.24, 2.45) is 0 Å². The zero-order valence-electron chi connectivity index (χ0n) is 10.3. The number of carbonyl (C=O) groups excluding carboxylic acids is 3. The van der Waals surface area contributed by atoms with Crippen molar-refractivity contribution in [3.05, 3.63) is 42.2 Å². The van der Waals surface area contributed by atoms with Crippen molar-refractivity contribution >= 4 is 17.7 Å². The molecule has 98 valence electrons. The number of nitrogens with one attached hydrogen (secondary N) is 1. The van der Waals surface area contributed by atoms with E-state index in [1.807, 2.05) is 0 Å². The third-order valence-corrected chi connectivity index (χ3v) is 2.74. The van der Waals surface area contributed by atoms with Crippen LogP contribution in [0, 0.1) is 0 Å². The maximum absolute atomic E-state index is 12.0. The molecular weight excluding hydrogens is 246 g/mol. The highest BCUT2D eigenvalue weighted by Crippen LogP contribution is 2.20. The fourth-order valence-corrected chi connectivity index (χ4v) is 1.80. The van der Waals surface area contributed by atoms with Crippen LogP contribution in [0.15, 0.2) is 31.0 Å². The third-order valence-electron chi connectivity index (χ3n) is 2.74. The first-order chi connectivity index (χ1) is 9.15. The maximum atomic E-state index is 12.0. The van der Waals surface area contributed by atoms with E-state index in [0.717, 1.165) is 4.90 Å². The van der Waals surface area contributed by atoms with Crippen molar-refractivity contribution in [1.29, 1.82) is 0 Å². The SMILES string of the molecule is C=CCNC(=O)CCN1C(=O)c2cccnc2C1=O. The van der Waals surface area contributed by atoms with Crippen LogP contribution < -0.4 is 5.32 Å². The molecule has 0 unspecified atom stereocenters. The lowest BCUT2D eigenvalue weighted by atomic mass is 10.2. The minimum atomic E-state index is -0.447. The number of hydrogen-bond donors (Lipinski definition) is 1. The molecule has 0 fully saturated rings. The molecule has 1 N–H and O–H groups in total. The second-order valence-electron chi connectivity index (χ2n) is 4.00. The molecule has 3 amide bonds. The number of amides is 3. The average molecular weight is 259 g/mol. The van der Waals surface area contributed by atoms with E-state index in [1.165, 1.54) is 6.20 Å². The van der Waals surface area contributed by atoms with Gasteiger partial charge in [0.15, 0.2) is 0 Å². The van der Waals surface area contributed by atoms with Crippen LogP contribution >= 0.6 is 0 Å². The van der Waals surface area contributed by atoms with Crippen LogP contribution in [-0.4, -0.2) is 40.7 Å². The van der Waals surface area contributed by atoms with Gasteiger partial charge >= 0.3 is 0 Å². The summed E-state index contributed by atoms with van der Waals surface area (Å²) in [5.74, 6) is -1.08. The van der Waals surface area contributed by atoms with Gasteiger partial charge in [-0.25, -0.2) is 0 Å². The lowest BCUT2D eigenvalue weighted by molar-refractivity contribution is -0.120. The maximum Gasteiger partial charge on any atom is 0.280 e. The number of aromatic nitrogens is 1. The fraction of sp³-hybridized carbons (Fsp3) is 0.231. The average Bonchev–Trinajstić information content (AvgIpc) is 2.67. The molecule has 1 aliphatic rings. The van der Waals surface area contributed by atoms with Crippen LogP contribution in [0.1, 0.15) is 27.3 Å². The van der Waals surface area contributed by atoms with Gasteiger partial charge in [0.25, 0.3) is 11.8 Å². The normalized spacial score (nSPS) is 13.4. The molecule has 0 saturated heterocycles. The van der Waals surface area contributed by atoms with E-state index in [9.17, 15) is 14.4 Å². The summed E-state index contributed by atoms with van der Waals surface area (Å²) in [6.45, 7) is 3.90. The third kappa shape index (κ3) is 2.52. The Morgan fingerprint density at radius 3 is 2.89 bits per heavy atom. The molecule has 2 heterocycles. The second-order valence-corrected chi connectivity index (χ2v) is 4.00. The standard InChI is InChI=1S/C13H13N3O3/c1-2-6-14-10(17)5-8-16-12(18)9-4-3-7-15-11(9)13(16)19/h2-4,7H,1,5-6,8H2,(H,14,17). The molecule has 6 nitrogen and oxygen atoms in total. The number of imide groups is 1. The molecule has 2 rings (SSSR count). The predicted molar refractivity (Wildman–Crippen MR) is 67.4 cm³/mol. The van der Waals surface area contributed by atoms with Gasteiger partial charge < -0.3 is 5.32 Å². The number of hydrogen-bond acceptors (Lipinski definition) is 4. The Labute approximate surface area is 110 Å². The molecule has 0 saturated carbocycles. The molecular formula is C13H13N3O3. The highest BCUT2D eigenvalue weighted by atomic mass is 16.2. The van der Waals surface area contributed by atoms with Crippen molar-refractivity contribution in [2.45, 2.75) is 6.42 Å². The lowest BCUT2D eigenvalue weighted by Gasteiger charge is -2.12. The number of rotatable bonds is 5. The number of carbonyl (C=O) groups is 3. The van der Waals surface area contributed by atoms with Gasteiger partial charge in [0.1, 0.15) is 5.69 Å². The van der Waals surface area contributed by atoms with E-state index in [4.69, 9.17) is 0 Å². The van der Waals surface area contributed by atoms with Gasteiger partial charge in [0.2, 0.25) is 5.91 Å². The first-order valence-electron chi connectivity index (χ1n) is 5.84. The molecule has 1 aromatic heterocycles. The van der Waals surface area contributed by atoms with Crippen LogP contribution in [0.5, 0.6) is 0 Å². The summed E-state index contributed by atoms with van der Waals surface area (Å²) in [5, 5.41) is 2.59. The van der Waals surface area contributed by atoms with Crippen LogP contribution in [0.2, 0.25) is 0 Å². The van der Waals surface area contributed by atoms with Crippen LogP contribution in [0.25, 0.3) is 0 Å². The summed E-state index contributed by atoms with van der Waals surface area (Å²) < 4.78 is 0. The molecule has 1 aromatic rings. The van der Waals surface area contributed by atoms with E-state index in [-0.39, 0.29) is 24.6 Å². The summed E-state index contributed by atoms with van der Waals surface area (Å²) in [7, 11) is 0. The van der Waals surface area contributed by atoms with Crippen LogP contribution in [0.4, 0.5) is 0 Å². The summed E-state index contributed by atoms with van der Waals surface area (Å²) in [6.07, 6.45) is 3.09. The van der Waals surface area contributed by atoms with Gasteiger partial charge in [0.05, 0.1) is 5.56 Å². The number of nitrogens with zero attached hydrogens (tertiary/aromatic N) is 2. The zero-order valence-corrected chi connectivity index (χ0v) is 10.3. The molecule has 0 aliphatic carbocycles. The predicted octanol–water partition coefficient (Wildman–Crippen LogP) is 0.370. The van der Waals surface area contributed by atoms with Crippen molar-refractivity contribution in [2.75, 3.05) is 13.1 Å². The Balaban J connectivity index is 2.00. The van der Waals surface area contributed by atoms with Crippen molar-refractivity contribution in [3.63, 3.8) is 0 Å². The van der Waals surface area contributed by atoms with Gasteiger partial charge in [-0.2, -0.15) is 0 Å². The molecule has 6 heteroatoms. The van der Waals surface area contributed by atoms with Gasteiger partial charge in [-0.1, -0.05) is 6.08 Å². The Kier molecular flexibility index (Phi) is 3.70. The summed E-state index contributed by atoms with van der Waals surface area (Å²) >= 11 is 0. The smallest absolute Gasteiger partial charge is 0.280 e. The summed E-state index contributed by atoms with van der Waals surface area (Å²) in [4.78, 5) is 40.2. The van der Waals surface area contributed by atoms with Gasteiger partial charge in [-0.3, -0.25) is 24.3 Å². The Hall–Kier alpha value is -2.50. The Morgan fingerprint density at radius 1 is 1.42 bits per heavy atom. The van der Waals surface area contributed by atoms with E-state index < -0.39 is 11.8 Å². The Bertz CT molecular complexity index is 519. The highest BCUT2D eigenvalue weighted by molar-refractivity contribution is 6.20. The minimum absolute atomic E-state index is 0.0526. The van der Waals surface area contributed by atoms with E-state index >= 15 is 0 Å². The molecule has 0 bridgehead atoms. The number of pyridine rings is 1. The quantitative estimate of drug-likeness (QED) is 0.612. The lowest BCUT2D eigenvalue weighted by Crippen LogP contribution is -2.34. The number of fused-ring (bicyclic) bond motifs is 1. The van der Waals surface area contributed by atoms with Gasteiger partial charge in [-0.05, 0) is 12.1 Å². The van der Waals surface area contributed by atoms with E-state index in [1.54, 1.807) is 18.2 Å². The molecule has 1 aliphatic heterocycles. The monoisotopic (exact) mass is 259 g/mol. The van der Waals surface area contributed by atoms with Gasteiger partial charge in [-0.15, -0.1) is 6.58 Å². The molecule has 0 spiro atoms. The molecule has 0 atom stereocenters.